The van der Waals surface area contributed by atoms with Crippen molar-refractivity contribution in [2.75, 3.05) is 13.1 Å². The summed E-state index contributed by atoms with van der Waals surface area (Å²) in [4.78, 5) is 8.45. The van der Waals surface area contributed by atoms with Gasteiger partial charge in [0, 0.05) is 13.1 Å². The van der Waals surface area contributed by atoms with E-state index in [0.29, 0.717) is 0 Å². The Labute approximate surface area is 134 Å². The fourth-order valence-corrected chi connectivity index (χ4v) is 2.06. The van der Waals surface area contributed by atoms with E-state index >= 15 is 0 Å². The Bertz CT molecular complexity index is 517. The maximum atomic E-state index is 14.1. The molecule has 154 valence electrons. The van der Waals surface area contributed by atoms with Gasteiger partial charge < -0.3 is 4.74 Å². The quantitative estimate of drug-likeness (QED) is 0.398. The largest absolute Gasteiger partial charge is 0.443 e. The van der Waals surface area contributed by atoms with E-state index in [9.17, 15) is 61.9 Å². The molecule has 1 fully saturated rings. The standard InChI is InChI=1S/C10H6F13NO2/c11-5(25)6(12,13)9(20,10(21,22)23)24-1-3(7(14,15)16)26-4(2-24)8(17,18)19/h3-4H,1-2H2. The average molecular weight is 419 g/mol. The number of rotatable bonds is 3. The van der Waals surface area contributed by atoms with E-state index in [0.717, 1.165) is 0 Å². The van der Waals surface area contributed by atoms with Gasteiger partial charge in [-0.1, -0.05) is 0 Å². The smallest absolute Gasteiger partial charge is 0.353 e. The number of carbonyl (C=O) groups is 1. The Hall–Kier alpha value is -1.32. The topological polar surface area (TPSA) is 29.5 Å². The minimum atomic E-state index is -6.94. The van der Waals surface area contributed by atoms with Crippen LogP contribution in [0.4, 0.5) is 57.1 Å². The molecule has 0 amide bonds. The highest BCUT2D eigenvalue weighted by molar-refractivity contribution is 5.78. The van der Waals surface area contributed by atoms with Crippen LogP contribution in [0.15, 0.2) is 0 Å². The van der Waals surface area contributed by atoms with Crippen molar-refractivity contribution in [3.63, 3.8) is 0 Å². The van der Waals surface area contributed by atoms with Crippen LogP contribution in [0.1, 0.15) is 0 Å². The van der Waals surface area contributed by atoms with Crippen molar-refractivity contribution in [1.29, 1.82) is 0 Å². The van der Waals surface area contributed by atoms with Gasteiger partial charge in [-0.25, -0.2) is 4.39 Å². The lowest BCUT2D eigenvalue weighted by molar-refractivity contribution is -0.378. The molecule has 0 bridgehead atoms. The molecular formula is C10H6F13NO2. The molecule has 1 aliphatic rings. The summed E-state index contributed by atoms with van der Waals surface area (Å²) in [5, 5.41) is 0. The predicted molar refractivity (Wildman–Crippen MR) is 53.3 cm³/mol. The molecule has 0 aromatic carbocycles. The van der Waals surface area contributed by atoms with Crippen molar-refractivity contribution < 1.29 is 66.6 Å². The fourth-order valence-electron chi connectivity index (χ4n) is 2.06. The Balaban J connectivity index is 3.51. The van der Waals surface area contributed by atoms with Gasteiger partial charge in [0.2, 0.25) is 0 Å². The zero-order chi connectivity index (χ0) is 20.9. The Morgan fingerprint density at radius 3 is 1.35 bits per heavy atom. The van der Waals surface area contributed by atoms with Crippen molar-refractivity contribution in [1.82, 2.24) is 4.90 Å². The molecule has 1 rings (SSSR count). The summed E-state index contributed by atoms with van der Waals surface area (Å²) in [6.45, 7) is -5.01. The van der Waals surface area contributed by atoms with Crippen LogP contribution in [0.5, 0.6) is 0 Å². The minimum absolute atomic E-state index is 1.65. The molecule has 0 spiro atoms. The van der Waals surface area contributed by atoms with Crippen LogP contribution in [0.25, 0.3) is 0 Å². The fraction of sp³-hybridized carbons (Fsp3) is 0.900. The normalized spacial score (nSPS) is 26.5. The monoisotopic (exact) mass is 419 g/mol. The van der Waals surface area contributed by atoms with Gasteiger partial charge in [0.1, 0.15) is 0 Å². The van der Waals surface area contributed by atoms with Gasteiger partial charge in [-0.2, -0.15) is 52.7 Å². The molecule has 0 N–H and O–H groups in total. The van der Waals surface area contributed by atoms with Gasteiger partial charge in [0.05, 0.1) is 0 Å². The van der Waals surface area contributed by atoms with E-state index < -0.39 is 66.5 Å². The van der Waals surface area contributed by atoms with Gasteiger partial charge in [-0.3, -0.25) is 9.69 Å². The summed E-state index contributed by atoms with van der Waals surface area (Å²) >= 11 is 0. The molecule has 26 heavy (non-hydrogen) atoms. The molecule has 0 aliphatic carbocycles. The van der Waals surface area contributed by atoms with Crippen molar-refractivity contribution in [3.8, 4) is 0 Å². The second kappa shape index (κ2) is 6.38. The molecule has 0 aromatic rings. The molecule has 1 heterocycles. The molecule has 3 atom stereocenters. The first-order valence-corrected chi connectivity index (χ1v) is 6.13. The molecule has 1 aliphatic heterocycles. The highest BCUT2D eigenvalue weighted by Crippen LogP contribution is 2.50. The van der Waals surface area contributed by atoms with Crippen molar-refractivity contribution in [3.05, 3.63) is 0 Å². The predicted octanol–water partition coefficient (Wildman–Crippen LogP) is 3.54. The number of hydrogen-bond donors (Lipinski definition) is 0. The van der Waals surface area contributed by atoms with Gasteiger partial charge in [-0.05, 0) is 0 Å². The maximum Gasteiger partial charge on any atom is 0.443 e. The van der Waals surface area contributed by atoms with E-state index in [-0.39, 0.29) is 0 Å². The van der Waals surface area contributed by atoms with Crippen LogP contribution in [-0.4, -0.2) is 66.5 Å². The summed E-state index contributed by atoms with van der Waals surface area (Å²) in [6.07, 6.45) is -26.1. The maximum absolute atomic E-state index is 14.1. The second-order valence-corrected chi connectivity index (χ2v) is 5.07. The Morgan fingerprint density at radius 1 is 0.769 bits per heavy atom. The number of ether oxygens (including phenoxy) is 1. The molecule has 0 radical (unpaired) electrons. The average Bonchev–Trinajstić information content (AvgIpc) is 2.42. The molecule has 3 unspecified atom stereocenters. The molecule has 0 saturated carbocycles. The molecular weight excluding hydrogens is 413 g/mol. The van der Waals surface area contributed by atoms with Crippen LogP contribution in [0, 0.1) is 0 Å². The third-order valence-corrected chi connectivity index (χ3v) is 3.31. The lowest BCUT2D eigenvalue weighted by Gasteiger charge is -2.47. The number of carbonyl (C=O) groups excluding carboxylic acids is 1. The molecule has 0 aromatic heterocycles. The van der Waals surface area contributed by atoms with Crippen molar-refractivity contribution in [2.45, 2.75) is 42.5 Å². The summed E-state index contributed by atoms with van der Waals surface area (Å²) in [6, 6.07) is -4.24. The zero-order valence-corrected chi connectivity index (χ0v) is 11.7. The molecule has 1 saturated heterocycles. The van der Waals surface area contributed by atoms with Crippen LogP contribution in [-0.2, 0) is 9.53 Å². The number of halogens is 13. The number of morpholine rings is 1. The molecule has 16 heteroatoms. The summed E-state index contributed by atoms with van der Waals surface area (Å²) in [5.41, 5.74) is 0. The number of nitrogens with zero attached hydrogens (tertiary/aromatic N) is 1. The van der Waals surface area contributed by atoms with Crippen molar-refractivity contribution in [2.24, 2.45) is 0 Å². The van der Waals surface area contributed by atoms with E-state index in [1.165, 1.54) is 0 Å². The van der Waals surface area contributed by atoms with E-state index in [2.05, 4.69) is 4.74 Å². The molecule has 3 nitrogen and oxygen atoms in total. The first kappa shape index (κ1) is 22.7. The van der Waals surface area contributed by atoms with Crippen LogP contribution in [0.2, 0.25) is 0 Å². The zero-order valence-electron chi connectivity index (χ0n) is 11.7. The van der Waals surface area contributed by atoms with Crippen LogP contribution >= 0.6 is 0 Å². The van der Waals surface area contributed by atoms with Gasteiger partial charge in [0.15, 0.2) is 12.2 Å². The number of alkyl halides is 12. The lowest BCUT2D eigenvalue weighted by Crippen LogP contribution is -2.73. The van der Waals surface area contributed by atoms with E-state index in [4.69, 9.17) is 0 Å². The van der Waals surface area contributed by atoms with Crippen LogP contribution in [0.3, 0.4) is 0 Å². The third kappa shape index (κ3) is 3.84. The van der Waals surface area contributed by atoms with Crippen LogP contribution < -0.4 is 0 Å². The minimum Gasteiger partial charge on any atom is -0.353 e. The lowest BCUT2D eigenvalue weighted by atomic mass is 10.0. The highest BCUT2D eigenvalue weighted by Gasteiger charge is 2.79. The Morgan fingerprint density at radius 2 is 1.12 bits per heavy atom. The highest BCUT2D eigenvalue weighted by atomic mass is 19.4. The second-order valence-electron chi connectivity index (χ2n) is 5.07. The van der Waals surface area contributed by atoms with Gasteiger partial charge in [-0.15, -0.1) is 0 Å². The summed E-state index contributed by atoms with van der Waals surface area (Å²) in [5.74, 6) is -13.1. The van der Waals surface area contributed by atoms with Gasteiger partial charge in [0.25, 0.3) is 0 Å². The SMILES string of the molecule is O=C(F)C(F)(F)C(F)(N1CC(C(F)(F)F)OC(C(F)(F)F)C1)C(F)(F)F. The van der Waals surface area contributed by atoms with Crippen molar-refractivity contribution >= 4 is 6.04 Å². The summed E-state index contributed by atoms with van der Waals surface area (Å²) < 4.78 is 170. The first-order chi connectivity index (χ1) is 11.3. The third-order valence-electron chi connectivity index (χ3n) is 3.31. The van der Waals surface area contributed by atoms with E-state index in [1.54, 1.807) is 0 Å². The van der Waals surface area contributed by atoms with Gasteiger partial charge >= 0.3 is 36.3 Å². The number of hydrogen-bond acceptors (Lipinski definition) is 3. The Kier molecular flexibility index (Phi) is 5.58. The summed E-state index contributed by atoms with van der Waals surface area (Å²) in [7, 11) is 0. The van der Waals surface area contributed by atoms with E-state index in [1.807, 2.05) is 0 Å². The first-order valence-electron chi connectivity index (χ1n) is 6.13.